The summed E-state index contributed by atoms with van der Waals surface area (Å²) in [6, 6.07) is 1.67. The fraction of sp³-hybridized carbons (Fsp3) is 0.222. The van der Waals surface area contributed by atoms with Crippen molar-refractivity contribution in [3.63, 3.8) is 0 Å². The fourth-order valence-corrected chi connectivity index (χ4v) is 1.28. The van der Waals surface area contributed by atoms with Gasteiger partial charge in [0.25, 0.3) is 0 Å². The van der Waals surface area contributed by atoms with Crippen LogP contribution in [0, 0.1) is 13.8 Å². The lowest BCUT2D eigenvalue weighted by Gasteiger charge is -1.98. The highest BCUT2D eigenvalue weighted by Gasteiger charge is 2.07. The molecule has 0 bridgehead atoms. The SMILES string of the molecule is Cc1cn2nc(/C(N)=N\O)cc2nc1C. The van der Waals surface area contributed by atoms with E-state index >= 15 is 0 Å². The van der Waals surface area contributed by atoms with E-state index in [4.69, 9.17) is 10.9 Å². The van der Waals surface area contributed by atoms with Crippen LogP contribution >= 0.6 is 0 Å². The summed E-state index contributed by atoms with van der Waals surface area (Å²) in [5.41, 5.74) is 8.50. The number of aromatic nitrogens is 3. The quantitative estimate of drug-likeness (QED) is 0.306. The molecule has 2 aromatic heterocycles. The molecule has 2 rings (SSSR count). The number of hydrogen-bond donors (Lipinski definition) is 2. The van der Waals surface area contributed by atoms with Gasteiger partial charge in [0, 0.05) is 18.0 Å². The Kier molecular flexibility index (Phi) is 2.03. The van der Waals surface area contributed by atoms with Crippen LogP contribution in [-0.2, 0) is 0 Å². The lowest BCUT2D eigenvalue weighted by atomic mass is 10.3. The first-order valence-electron chi connectivity index (χ1n) is 4.43. The second-order valence-electron chi connectivity index (χ2n) is 3.33. The maximum absolute atomic E-state index is 8.52. The van der Waals surface area contributed by atoms with Gasteiger partial charge in [-0.05, 0) is 19.4 Å². The van der Waals surface area contributed by atoms with Crippen LogP contribution in [-0.4, -0.2) is 25.6 Å². The van der Waals surface area contributed by atoms with Crippen LogP contribution in [0.4, 0.5) is 0 Å². The Morgan fingerprint density at radius 1 is 1.53 bits per heavy atom. The van der Waals surface area contributed by atoms with Crippen LogP contribution < -0.4 is 5.73 Å². The minimum absolute atomic E-state index is 0.0178. The molecule has 3 N–H and O–H groups in total. The normalized spacial score (nSPS) is 12.3. The van der Waals surface area contributed by atoms with Gasteiger partial charge >= 0.3 is 0 Å². The molecular weight excluding hydrogens is 194 g/mol. The molecule has 0 unspecified atom stereocenters. The zero-order valence-electron chi connectivity index (χ0n) is 8.47. The summed E-state index contributed by atoms with van der Waals surface area (Å²) < 4.78 is 1.61. The minimum Gasteiger partial charge on any atom is -0.409 e. The molecule has 6 heteroatoms. The van der Waals surface area contributed by atoms with E-state index in [1.165, 1.54) is 0 Å². The first-order chi connectivity index (χ1) is 7.11. The van der Waals surface area contributed by atoms with Crippen molar-refractivity contribution in [2.75, 3.05) is 0 Å². The molecule has 6 nitrogen and oxygen atoms in total. The van der Waals surface area contributed by atoms with E-state index in [1.807, 2.05) is 20.0 Å². The minimum atomic E-state index is -0.0178. The molecule has 0 aliphatic carbocycles. The third-order valence-electron chi connectivity index (χ3n) is 2.26. The Bertz CT molecular complexity index is 504. The van der Waals surface area contributed by atoms with Crippen molar-refractivity contribution < 1.29 is 5.21 Å². The van der Waals surface area contributed by atoms with Gasteiger partial charge in [0.15, 0.2) is 11.5 Å². The predicted octanol–water partition coefficient (Wildman–Crippen LogP) is 0.441. The molecule has 0 aliphatic heterocycles. The molecule has 78 valence electrons. The second-order valence-corrected chi connectivity index (χ2v) is 3.33. The highest BCUT2D eigenvalue weighted by Crippen LogP contribution is 2.08. The molecule has 0 radical (unpaired) electrons. The van der Waals surface area contributed by atoms with Crippen LogP contribution in [0.5, 0.6) is 0 Å². The monoisotopic (exact) mass is 205 g/mol. The van der Waals surface area contributed by atoms with Gasteiger partial charge in [-0.25, -0.2) is 9.50 Å². The number of amidine groups is 1. The molecule has 0 spiro atoms. The van der Waals surface area contributed by atoms with Crippen molar-refractivity contribution in [2.24, 2.45) is 10.9 Å². The summed E-state index contributed by atoms with van der Waals surface area (Å²) in [7, 11) is 0. The number of nitrogens with two attached hydrogens (primary N) is 1. The van der Waals surface area contributed by atoms with E-state index in [0.29, 0.717) is 11.3 Å². The first kappa shape index (κ1) is 9.45. The number of fused-ring (bicyclic) bond motifs is 1. The van der Waals surface area contributed by atoms with E-state index in [2.05, 4.69) is 15.2 Å². The number of rotatable bonds is 1. The van der Waals surface area contributed by atoms with Crippen molar-refractivity contribution in [3.8, 4) is 0 Å². The van der Waals surface area contributed by atoms with Gasteiger partial charge in [-0.1, -0.05) is 5.16 Å². The summed E-state index contributed by atoms with van der Waals surface area (Å²) in [6.07, 6.45) is 1.85. The van der Waals surface area contributed by atoms with Crippen LogP contribution in [0.25, 0.3) is 5.65 Å². The zero-order chi connectivity index (χ0) is 11.0. The number of oxime groups is 1. The molecule has 0 saturated carbocycles. The first-order valence-corrected chi connectivity index (χ1v) is 4.43. The summed E-state index contributed by atoms with van der Waals surface area (Å²) in [4.78, 5) is 4.32. The predicted molar refractivity (Wildman–Crippen MR) is 55.0 cm³/mol. The molecule has 0 amide bonds. The van der Waals surface area contributed by atoms with Crippen molar-refractivity contribution >= 4 is 11.5 Å². The van der Waals surface area contributed by atoms with Gasteiger partial charge in [0.2, 0.25) is 0 Å². The van der Waals surface area contributed by atoms with Gasteiger partial charge in [-0.3, -0.25) is 0 Å². The highest BCUT2D eigenvalue weighted by molar-refractivity contribution is 5.96. The Labute approximate surface area is 86.0 Å². The summed E-state index contributed by atoms with van der Waals surface area (Å²) in [5, 5.41) is 15.5. The fourth-order valence-electron chi connectivity index (χ4n) is 1.28. The average Bonchev–Trinajstić information content (AvgIpc) is 2.60. The van der Waals surface area contributed by atoms with Gasteiger partial charge in [-0.15, -0.1) is 0 Å². The summed E-state index contributed by atoms with van der Waals surface area (Å²) in [5.74, 6) is -0.0178. The third-order valence-corrected chi connectivity index (χ3v) is 2.26. The van der Waals surface area contributed by atoms with E-state index < -0.39 is 0 Å². The summed E-state index contributed by atoms with van der Waals surface area (Å²) in [6.45, 7) is 3.87. The van der Waals surface area contributed by atoms with E-state index in [1.54, 1.807) is 10.6 Å². The van der Waals surface area contributed by atoms with E-state index in [9.17, 15) is 0 Å². The molecular formula is C9H11N5O. The van der Waals surface area contributed by atoms with Crippen LogP contribution in [0.3, 0.4) is 0 Å². The standard InChI is InChI=1S/C9H11N5O/c1-5-4-14-8(11-6(5)2)3-7(12-14)9(10)13-15/h3-4,15H,1-2H3,(H2,10,13). The summed E-state index contributed by atoms with van der Waals surface area (Å²) >= 11 is 0. The lowest BCUT2D eigenvalue weighted by molar-refractivity contribution is 0.318. The lowest BCUT2D eigenvalue weighted by Crippen LogP contribution is -2.13. The van der Waals surface area contributed by atoms with Crippen LogP contribution in [0.15, 0.2) is 17.4 Å². The van der Waals surface area contributed by atoms with Crippen molar-refractivity contribution in [3.05, 3.63) is 29.2 Å². The molecule has 2 aromatic rings. The topological polar surface area (TPSA) is 88.8 Å². The average molecular weight is 205 g/mol. The van der Waals surface area contributed by atoms with Gasteiger partial charge in [0.05, 0.1) is 0 Å². The van der Waals surface area contributed by atoms with Gasteiger partial charge < -0.3 is 10.9 Å². The Morgan fingerprint density at radius 3 is 2.93 bits per heavy atom. The number of hydrogen-bond acceptors (Lipinski definition) is 4. The maximum atomic E-state index is 8.52. The maximum Gasteiger partial charge on any atom is 0.190 e. The Hall–Kier alpha value is -2.11. The largest absolute Gasteiger partial charge is 0.409 e. The second kappa shape index (κ2) is 3.23. The van der Waals surface area contributed by atoms with E-state index in [0.717, 1.165) is 11.3 Å². The van der Waals surface area contributed by atoms with Crippen LogP contribution in [0.2, 0.25) is 0 Å². The number of nitrogens with zero attached hydrogens (tertiary/aromatic N) is 4. The molecule has 0 aliphatic rings. The van der Waals surface area contributed by atoms with Crippen molar-refractivity contribution in [2.45, 2.75) is 13.8 Å². The molecule has 15 heavy (non-hydrogen) atoms. The zero-order valence-corrected chi connectivity index (χ0v) is 8.47. The Balaban J connectivity index is 2.66. The number of aryl methyl sites for hydroxylation is 2. The highest BCUT2D eigenvalue weighted by atomic mass is 16.4. The van der Waals surface area contributed by atoms with E-state index in [-0.39, 0.29) is 5.84 Å². The molecule has 2 heterocycles. The van der Waals surface area contributed by atoms with Crippen LogP contribution in [0.1, 0.15) is 17.0 Å². The third kappa shape index (κ3) is 1.50. The molecule has 0 fully saturated rings. The van der Waals surface area contributed by atoms with Crippen molar-refractivity contribution in [1.29, 1.82) is 0 Å². The smallest absolute Gasteiger partial charge is 0.190 e. The van der Waals surface area contributed by atoms with Crippen molar-refractivity contribution in [1.82, 2.24) is 14.6 Å². The molecule has 0 saturated heterocycles. The van der Waals surface area contributed by atoms with Gasteiger partial charge in [0.1, 0.15) is 5.69 Å². The molecule has 0 aromatic carbocycles. The Morgan fingerprint density at radius 2 is 2.27 bits per heavy atom. The molecule has 0 atom stereocenters. The van der Waals surface area contributed by atoms with Gasteiger partial charge in [-0.2, -0.15) is 5.10 Å².